The van der Waals surface area contributed by atoms with Gasteiger partial charge in [0.15, 0.2) is 0 Å². The Bertz CT molecular complexity index is 390. The molecule has 1 heterocycles. The highest BCUT2D eigenvalue weighted by Crippen LogP contribution is 2.08. The third-order valence-corrected chi connectivity index (χ3v) is 3.41. The van der Waals surface area contributed by atoms with Crippen LogP contribution in [0.3, 0.4) is 0 Å². The van der Waals surface area contributed by atoms with E-state index in [0.717, 1.165) is 24.2 Å². The molecule has 0 bridgehead atoms. The van der Waals surface area contributed by atoms with E-state index in [9.17, 15) is 5.11 Å². The van der Waals surface area contributed by atoms with Crippen molar-refractivity contribution in [2.24, 2.45) is 13.0 Å². The van der Waals surface area contributed by atoms with Gasteiger partial charge in [-0.1, -0.05) is 13.8 Å². The van der Waals surface area contributed by atoms with Crippen molar-refractivity contribution in [2.45, 2.75) is 52.9 Å². The Kier molecular flexibility index (Phi) is 7.19. The number of aromatic nitrogens is 2. The molecule has 0 radical (unpaired) electrons. The van der Waals surface area contributed by atoms with Crippen molar-refractivity contribution in [3.05, 3.63) is 17.5 Å². The number of aliphatic hydroxyl groups is 1. The van der Waals surface area contributed by atoms with Gasteiger partial charge < -0.3 is 15.2 Å². The summed E-state index contributed by atoms with van der Waals surface area (Å²) < 4.78 is 7.49. The zero-order valence-corrected chi connectivity index (χ0v) is 13.4. The smallest absolute Gasteiger partial charge is 0.0897 e. The standard InChI is InChI=1S/C15H29N3O2/c1-11(2)6-12(3)20-10-15(19)9-16-7-14-8-17-18(5)13(14)4/h8,11-12,15-16,19H,6-7,9-10H2,1-5H3. The van der Waals surface area contributed by atoms with Gasteiger partial charge in [-0.2, -0.15) is 5.10 Å². The van der Waals surface area contributed by atoms with Gasteiger partial charge in [0.2, 0.25) is 0 Å². The molecule has 0 spiro atoms. The molecule has 0 saturated carbocycles. The summed E-state index contributed by atoms with van der Waals surface area (Å²) >= 11 is 0. The summed E-state index contributed by atoms with van der Waals surface area (Å²) in [7, 11) is 1.93. The molecule has 0 aromatic carbocycles. The topological polar surface area (TPSA) is 59.3 Å². The molecular formula is C15H29N3O2. The Morgan fingerprint density at radius 1 is 1.40 bits per heavy atom. The second-order valence-corrected chi connectivity index (χ2v) is 5.94. The Labute approximate surface area is 122 Å². The van der Waals surface area contributed by atoms with E-state index in [1.807, 2.05) is 24.9 Å². The number of hydrogen-bond acceptors (Lipinski definition) is 4. The van der Waals surface area contributed by atoms with Gasteiger partial charge >= 0.3 is 0 Å². The maximum atomic E-state index is 9.88. The van der Waals surface area contributed by atoms with Crippen molar-refractivity contribution in [3.63, 3.8) is 0 Å². The van der Waals surface area contributed by atoms with Crippen molar-refractivity contribution in [2.75, 3.05) is 13.2 Å². The van der Waals surface area contributed by atoms with Crippen LogP contribution in [0.2, 0.25) is 0 Å². The van der Waals surface area contributed by atoms with E-state index in [1.54, 1.807) is 0 Å². The zero-order chi connectivity index (χ0) is 15.1. The molecule has 0 saturated heterocycles. The summed E-state index contributed by atoms with van der Waals surface area (Å²) in [6.07, 6.45) is 2.61. The highest BCUT2D eigenvalue weighted by Gasteiger charge is 2.10. The van der Waals surface area contributed by atoms with Crippen LogP contribution in [0.4, 0.5) is 0 Å². The van der Waals surface area contributed by atoms with Crippen molar-refractivity contribution in [1.82, 2.24) is 15.1 Å². The van der Waals surface area contributed by atoms with Gasteiger partial charge in [0.1, 0.15) is 0 Å². The van der Waals surface area contributed by atoms with Crippen LogP contribution in [0, 0.1) is 12.8 Å². The fourth-order valence-electron chi connectivity index (χ4n) is 2.16. The third-order valence-electron chi connectivity index (χ3n) is 3.41. The Morgan fingerprint density at radius 2 is 2.10 bits per heavy atom. The molecule has 5 nitrogen and oxygen atoms in total. The molecule has 0 aliphatic rings. The molecule has 2 unspecified atom stereocenters. The number of hydrogen-bond donors (Lipinski definition) is 2. The van der Waals surface area contributed by atoms with E-state index in [2.05, 4.69) is 31.2 Å². The van der Waals surface area contributed by atoms with E-state index in [0.29, 0.717) is 19.1 Å². The van der Waals surface area contributed by atoms with Crippen molar-refractivity contribution < 1.29 is 9.84 Å². The number of rotatable bonds is 9. The second kappa shape index (κ2) is 8.39. The summed E-state index contributed by atoms with van der Waals surface area (Å²) in [5.74, 6) is 0.619. The highest BCUT2D eigenvalue weighted by molar-refractivity contribution is 5.15. The number of ether oxygens (including phenoxy) is 1. The number of nitrogens with zero attached hydrogens (tertiary/aromatic N) is 2. The Hall–Kier alpha value is -0.910. The SMILES string of the molecule is Cc1c(CNCC(O)COC(C)CC(C)C)cnn1C. The van der Waals surface area contributed by atoms with Gasteiger partial charge in [-0.05, 0) is 26.2 Å². The van der Waals surface area contributed by atoms with Crippen LogP contribution in [0.1, 0.15) is 38.4 Å². The third kappa shape index (κ3) is 6.03. The van der Waals surface area contributed by atoms with Crippen LogP contribution in [-0.2, 0) is 18.3 Å². The lowest BCUT2D eigenvalue weighted by atomic mass is 10.1. The maximum absolute atomic E-state index is 9.88. The molecule has 2 N–H and O–H groups in total. The minimum absolute atomic E-state index is 0.199. The number of nitrogens with one attached hydrogen (secondary N) is 1. The lowest BCUT2D eigenvalue weighted by Gasteiger charge is -2.18. The maximum Gasteiger partial charge on any atom is 0.0897 e. The molecule has 20 heavy (non-hydrogen) atoms. The summed E-state index contributed by atoms with van der Waals surface area (Å²) in [4.78, 5) is 0. The van der Waals surface area contributed by atoms with Gasteiger partial charge in [0.25, 0.3) is 0 Å². The van der Waals surface area contributed by atoms with Crippen LogP contribution < -0.4 is 5.32 Å². The monoisotopic (exact) mass is 283 g/mol. The fourth-order valence-corrected chi connectivity index (χ4v) is 2.16. The summed E-state index contributed by atoms with van der Waals surface area (Å²) in [5, 5.41) is 17.3. The molecule has 116 valence electrons. The van der Waals surface area contributed by atoms with Crippen LogP contribution in [0.25, 0.3) is 0 Å². The molecule has 5 heteroatoms. The fraction of sp³-hybridized carbons (Fsp3) is 0.800. The van der Waals surface area contributed by atoms with Crippen LogP contribution in [-0.4, -0.2) is 40.2 Å². The van der Waals surface area contributed by atoms with E-state index in [1.165, 1.54) is 0 Å². The first kappa shape index (κ1) is 17.1. The van der Waals surface area contributed by atoms with E-state index < -0.39 is 6.10 Å². The quantitative estimate of drug-likeness (QED) is 0.723. The van der Waals surface area contributed by atoms with Crippen LogP contribution >= 0.6 is 0 Å². The van der Waals surface area contributed by atoms with Gasteiger partial charge in [0, 0.05) is 31.4 Å². The number of aliphatic hydroxyl groups excluding tert-OH is 1. The lowest BCUT2D eigenvalue weighted by molar-refractivity contribution is -0.00857. The predicted octanol–water partition coefficient (Wildman–Crippen LogP) is 1.63. The van der Waals surface area contributed by atoms with E-state index in [-0.39, 0.29) is 6.10 Å². The highest BCUT2D eigenvalue weighted by atomic mass is 16.5. The van der Waals surface area contributed by atoms with Gasteiger partial charge in [-0.25, -0.2) is 0 Å². The molecular weight excluding hydrogens is 254 g/mol. The van der Waals surface area contributed by atoms with E-state index >= 15 is 0 Å². The summed E-state index contributed by atoms with van der Waals surface area (Å²) in [6.45, 7) is 10.1. The average Bonchev–Trinajstić information content (AvgIpc) is 2.67. The lowest BCUT2D eigenvalue weighted by Crippen LogP contribution is -2.31. The zero-order valence-electron chi connectivity index (χ0n) is 13.4. The first-order chi connectivity index (χ1) is 9.40. The predicted molar refractivity (Wildman–Crippen MR) is 80.5 cm³/mol. The minimum Gasteiger partial charge on any atom is -0.389 e. The van der Waals surface area contributed by atoms with E-state index in [4.69, 9.17) is 4.74 Å². The van der Waals surface area contributed by atoms with Crippen molar-refractivity contribution in [3.8, 4) is 0 Å². The minimum atomic E-state index is -0.471. The largest absolute Gasteiger partial charge is 0.389 e. The normalized spacial score (nSPS) is 14.8. The van der Waals surface area contributed by atoms with Gasteiger partial charge in [-0.15, -0.1) is 0 Å². The molecule has 0 aliphatic carbocycles. The molecule has 0 fully saturated rings. The number of aryl methyl sites for hydroxylation is 1. The average molecular weight is 283 g/mol. The molecule has 1 aromatic rings. The second-order valence-electron chi connectivity index (χ2n) is 5.94. The van der Waals surface area contributed by atoms with Crippen LogP contribution in [0.5, 0.6) is 0 Å². The molecule has 1 aromatic heterocycles. The first-order valence-electron chi connectivity index (χ1n) is 7.38. The molecule has 0 amide bonds. The van der Waals surface area contributed by atoms with Gasteiger partial charge in [0.05, 0.1) is 25.0 Å². The first-order valence-corrected chi connectivity index (χ1v) is 7.38. The molecule has 2 atom stereocenters. The summed E-state index contributed by atoms with van der Waals surface area (Å²) in [5.41, 5.74) is 2.31. The Balaban J connectivity index is 2.17. The van der Waals surface area contributed by atoms with Crippen molar-refractivity contribution in [1.29, 1.82) is 0 Å². The molecule has 1 rings (SSSR count). The Morgan fingerprint density at radius 3 is 2.65 bits per heavy atom. The van der Waals surface area contributed by atoms with Crippen LogP contribution in [0.15, 0.2) is 6.20 Å². The van der Waals surface area contributed by atoms with Crippen molar-refractivity contribution >= 4 is 0 Å². The van der Waals surface area contributed by atoms with Gasteiger partial charge in [-0.3, -0.25) is 4.68 Å². The molecule has 0 aliphatic heterocycles. The summed E-state index contributed by atoms with van der Waals surface area (Å²) in [6, 6.07) is 0.